The van der Waals surface area contributed by atoms with Gasteiger partial charge in [0.05, 0.1) is 5.69 Å². The average molecular weight is 243 g/mol. The molecule has 0 spiro atoms. The molecule has 2 aromatic rings. The van der Waals surface area contributed by atoms with Crippen LogP contribution in [0.3, 0.4) is 0 Å². The number of benzene rings is 1. The lowest BCUT2D eigenvalue weighted by molar-refractivity contribution is 0.379. The van der Waals surface area contributed by atoms with E-state index in [1.165, 1.54) is 11.1 Å². The summed E-state index contributed by atoms with van der Waals surface area (Å²) >= 11 is 0. The van der Waals surface area contributed by atoms with Crippen LogP contribution in [-0.2, 0) is 6.54 Å². The Kier molecular flexibility index (Phi) is 3.82. The van der Waals surface area contributed by atoms with Gasteiger partial charge < -0.3 is 5.32 Å². The third-order valence-corrected chi connectivity index (χ3v) is 2.75. The van der Waals surface area contributed by atoms with Crippen LogP contribution in [0.2, 0.25) is 0 Å². The smallest absolute Gasteiger partial charge is 0.0650 e. The minimum atomic E-state index is 0.329. The number of rotatable bonds is 4. The highest BCUT2D eigenvalue weighted by Crippen LogP contribution is 2.17. The third-order valence-electron chi connectivity index (χ3n) is 2.75. The Bertz CT molecular complexity index is 463. The largest absolute Gasteiger partial charge is 0.312 e. The van der Waals surface area contributed by atoms with Crippen LogP contribution in [-0.4, -0.2) is 16.7 Å². The first kappa shape index (κ1) is 12.8. The highest BCUT2D eigenvalue weighted by atomic mass is 15.1. The lowest BCUT2D eigenvalue weighted by atomic mass is 9.97. The van der Waals surface area contributed by atoms with Gasteiger partial charge in [-0.1, -0.05) is 45.0 Å². The zero-order valence-corrected chi connectivity index (χ0v) is 11.3. The van der Waals surface area contributed by atoms with Crippen LogP contribution in [0, 0.1) is 5.41 Å². The Morgan fingerprint density at radius 2 is 1.83 bits per heavy atom. The van der Waals surface area contributed by atoms with E-state index in [1.54, 1.807) is 6.20 Å². The van der Waals surface area contributed by atoms with Gasteiger partial charge >= 0.3 is 0 Å². The van der Waals surface area contributed by atoms with Crippen LogP contribution in [0.1, 0.15) is 26.3 Å². The summed E-state index contributed by atoms with van der Waals surface area (Å²) in [4.78, 5) is 0. The van der Waals surface area contributed by atoms with Crippen LogP contribution < -0.4 is 5.32 Å². The monoisotopic (exact) mass is 243 g/mol. The fourth-order valence-electron chi connectivity index (χ4n) is 1.80. The molecule has 0 saturated carbocycles. The molecule has 3 nitrogen and oxygen atoms in total. The van der Waals surface area contributed by atoms with E-state index in [2.05, 4.69) is 60.6 Å². The van der Waals surface area contributed by atoms with E-state index < -0.39 is 0 Å². The van der Waals surface area contributed by atoms with E-state index in [9.17, 15) is 0 Å². The summed E-state index contributed by atoms with van der Waals surface area (Å²) in [6.07, 6.45) is 1.77. The second-order valence-electron chi connectivity index (χ2n) is 5.83. The van der Waals surface area contributed by atoms with Gasteiger partial charge in [-0.25, -0.2) is 0 Å². The second-order valence-corrected chi connectivity index (χ2v) is 5.83. The molecule has 0 atom stereocenters. The minimum Gasteiger partial charge on any atom is -0.312 e. The van der Waals surface area contributed by atoms with Crippen LogP contribution >= 0.6 is 0 Å². The average Bonchev–Trinajstić information content (AvgIpc) is 2.82. The Labute approximate surface area is 109 Å². The van der Waals surface area contributed by atoms with Gasteiger partial charge in [0.1, 0.15) is 0 Å². The molecule has 0 amide bonds. The summed E-state index contributed by atoms with van der Waals surface area (Å²) in [5.41, 5.74) is 3.87. The maximum Gasteiger partial charge on any atom is 0.0650 e. The molecule has 2 N–H and O–H groups in total. The van der Waals surface area contributed by atoms with Gasteiger partial charge in [0, 0.05) is 19.3 Å². The summed E-state index contributed by atoms with van der Waals surface area (Å²) in [6, 6.07) is 10.5. The molecule has 1 aromatic carbocycles. The van der Waals surface area contributed by atoms with Gasteiger partial charge in [0.2, 0.25) is 0 Å². The first-order valence-corrected chi connectivity index (χ1v) is 6.34. The zero-order valence-electron chi connectivity index (χ0n) is 11.3. The molecule has 0 saturated heterocycles. The van der Waals surface area contributed by atoms with Crippen molar-refractivity contribution in [1.82, 2.24) is 15.5 Å². The summed E-state index contributed by atoms with van der Waals surface area (Å²) in [6.45, 7) is 8.65. The molecule has 2 rings (SSSR count). The molecule has 0 aliphatic rings. The summed E-state index contributed by atoms with van der Waals surface area (Å²) in [7, 11) is 0. The molecule has 0 bridgehead atoms. The van der Waals surface area contributed by atoms with Crippen LogP contribution in [0.15, 0.2) is 36.5 Å². The quantitative estimate of drug-likeness (QED) is 0.865. The second kappa shape index (κ2) is 5.36. The van der Waals surface area contributed by atoms with E-state index in [4.69, 9.17) is 0 Å². The van der Waals surface area contributed by atoms with Crippen LogP contribution in [0.5, 0.6) is 0 Å². The van der Waals surface area contributed by atoms with E-state index in [-0.39, 0.29) is 0 Å². The van der Waals surface area contributed by atoms with E-state index in [0.717, 1.165) is 18.8 Å². The van der Waals surface area contributed by atoms with Gasteiger partial charge in [0.15, 0.2) is 0 Å². The number of nitrogens with one attached hydrogen (secondary N) is 2. The summed E-state index contributed by atoms with van der Waals surface area (Å²) in [5.74, 6) is 0. The molecule has 0 aliphatic heterocycles. The van der Waals surface area contributed by atoms with Gasteiger partial charge in [-0.05, 0) is 22.6 Å². The van der Waals surface area contributed by atoms with Crippen molar-refractivity contribution in [2.75, 3.05) is 6.54 Å². The lowest BCUT2D eigenvalue weighted by Gasteiger charge is -2.18. The fourth-order valence-corrected chi connectivity index (χ4v) is 1.80. The molecule has 0 unspecified atom stereocenters. The molecule has 0 aliphatic carbocycles. The number of aromatic nitrogens is 2. The highest BCUT2D eigenvalue weighted by Gasteiger charge is 2.08. The van der Waals surface area contributed by atoms with Crippen molar-refractivity contribution in [3.05, 3.63) is 42.1 Å². The predicted molar refractivity (Wildman–Crippen MR) is 75.2 cm³/mol. The highest BCUT2D eigenvalue weighted by molar-refractivity contribution is 5.58. The van der Waals surface area contributed by atoms with Crippen molar-refractivity contribution in [3.63, 3.8) is 0 Å². The molecule has 0 radical (unpaired) electrons. The molecule has 18 heavy (non-hydrogen) atoms. The van der Waals surface area contributed by atoms with Crippen LogP contribution in [0.4, 0.5) is 0 Å². The molecule has 1 aromatic heterocycles. The molecular formula is C15H21N3. The molecule has 96 valence electrons. The maximum atomic E-state index is 3.96. The van der Waals surface area contributed by atoms with Crippen molar-refractivity contribution >= 4 is 0 Å². The first-order chi connectivity index (χ1) is 8.54. The van der Waals surface area contributed by atoms with Crippen molar-refractivity contribution in [2.24, 2.45) is 5.41 Å². The Balaban J connectivity index is 1.92. The lowest BCUT2D eigenvalue weighted by Crippen LogP contribution is -2.26. The summed E-state index contributed by atoms with van der Waals surface area (Å²) < 4.78 is 0. The number of hydrogen-bond donors (Lipinski definition) is 2. The van der Waals surface area contributed by atoms with E-state index in [0.29, 0.717) is 5.41 Å². The minimum absolute atomic E-state index is 0.329. The first-order valence-electron chi connectivity index (χ1n) is 6.34. The van der Waals surface area contributed by atoms with E-state index in [1.807, 2.05) is 6.07 Å². The standard InChI is InChI=1S/C15H21N3/c1-15(2,3)11-16-10-12-4-6-13(7-5-12)14-8-9-17-18-14/h4-9,16H,10-11H2,1-3H3,(H,17,18). The molecular weight excluding hydrogens is 222 g/mol. The number of H-pyrrole nitrogens is 1. The maximum absolute atomic E-state index is 3.96. The van der Waals surface area contributed by atoms with Crippen molar-refractivity contribution in [2.45, 2.75) is 27.3 Å². The normalized spacial score (nSPS) is 11.7. The Morgan fingerprint density at radius 3 is 2.39 bits per heavy atom. The van der Waals surface area contributed by atoms with Crippen LogP contribution in [0.25, 0.3) is 11.3 Å². The van der Waals surface area contributed by atoms with Gasteiger partial charge in [0.25, 0.3) is 0 Å². The number of hydrogen-bond acceptors (Lipinski definition) is 2. The van der Waals surface area contributed by atoms with E-state index >= 15 is 0 Å². The van der Waals surface area contributed by atoms with Gasteiger partial charge in [-0.2, -0.15) is 5.10 Å². The SMILES string of the molecule is CC(C)(C)CNCc1ccc(-c2ccn[nH]2)cc1. The Morgan fingerprint density at radius 1 is 1.11 bits per heavy atom. The number of nitrogens with zero attached hydrogens (tertiary/aromatic N) is 1. The fraction of sp³-hybridized carbons (Fsp3) is 0.400. The van der Waals surface area contributed by atoms with Crippen molar-refractivity contribution < 1.29 is 0 Å². The Hall–Kier alpha value is -1.61. The topological polar surface area (TPSA) is 40.7 Å². The predicted octanol–water partition coefficient (Wildman–Crippen LogP) is 3.21. The molecule has 0 fully saturated rings. The van der Waals surface area contributed by atoms with Gasteiger partial charge in [-0.15, -0.1) is 0 Å². The number of aromatic amines is 1. The van der Waals surface area contributed by atoms with Gasteiger partial charge in [-0.3, -0.25) is 5.10 Å². The van der Waals surface area contributed by atoms with Crippen molar-refractivity contribution in [3.8, 4) is 11.3 Å². The third kappa shape index (κ3) is 3.70. The molecule has 1 heterocycles. The van der Waals surface area contributed by atoms with Crippen molar-refractivity contribution in [1.29, 1.82) is 0 Å². The zero-order chi connectivity index (χ0) is 13.0. The summed E-state index contributed by atoms with van der Waals surface area (Å²) in [5, 5.41) is 10.4. The molecule has 3 heteroatoms.